The molecule has 2 N–H and O–H groups in total. The lowest BCUT2D eigenvalue weighted by Gasteiger charge is -2.10. The van der Waals surface area contributed by atoms with E-state index in [2.05, 4.69) is 25.9 Å². The smallest absolute Gasteiger partial charge is 0.258 e. The first kappa shape index (κ1) is 23.0. The number of nitrogens with zero attached hydrogens (tertiary/aromatic N) is 4. The van der Waals surface area contributed by atoms with E-state index in [9.17, 15) is 9.59 Å². The number of hydrogen-bond donors (Lipinski definition) is 2. The van der Waals surface area contributed by atoms with Crippen LogP contribution < -0.4 is 20.1 Å². The molecule has 4 aromatic rings. The number of carbonyl (C=O) groups excluding carboxylic acids is 2. The summed E-state index contributed by atoms with van der Waals surface area (Å²) in [4.78, 5) is 23.2. The van der Waals surface area contributed by atoms with Gasteiger partial charge in [-0.3, -0.25) is 9.59 Å². The van der Waals surface area contributed by atoms with Crippen LogP contribution in [0.15, 0.2) is 60.7 Å². The number of hydrogen-bond acceptors (Lipinski definition) is 7. The highest BCUT2D eigenvalue weighted by Gasteiger charge is 2.13. The predicted octanol–water partition coefficient (Wildman–Crippen LogP) is 2.98. The van der Waals surface area contributed by atoms with Crippen LogP contribution in [0.5, 0.6) is 11.6 Å². The summed E-state index contributed by atoms with van der Waals surface area (Å²) in [6.45, 7) is 1.70. The largest absolute Gasteiger partial charge is 0.484 e. The lowest BCUT2D eigenvalue weighted by molar-refractivity contribution is -0.123. The Morgan fingerprint density at radius 1 is 1.03 bits per heavy atom. The third-order valence-electron chi connectivity index (χ3n) is 4.55. The molecule has 2 aromatic carbocycles. The van der Waals surface area contributed by atoms with Gasteiger partial charge in [-0.15, -0.1) is 15.3 Å². The molecule has 2 amide bonds. The predicted molar refractivity (Wildman–Crippen MR) is 126 cm³/mol. The Labute approximate surface area is 199 Å². The molecule has 2 aromatic heterocycles. The molecule has 0 saturated heterocycles. The van der Waals surface area contributed by atoms with Crippen LogP contribution in [0.25, 0.3) is 17.0 Å². The van der Waals surface area contributed by atoms with Crippen LogP contribution in [0.4, 0.5) is 5.69 Å². The summed E-state index contributed by atoms with van der Waals surface area (Å²) in [6, 6.07) is 17.5. The second-order valence-corrected chi connectivity index (χ2v) is 7.55. The number of carbonyl (C=O) groups is 2. The van der Waals surface area contributed by atoms with Crippen molar-refractivity contribution in [1.82, 2.24) is 25.1 Å². The second-order valence-electron chi connectivity index (χ2n) is 7.14. The van der Waals surface area contributed by atoms with Crippen LogP contribution in [-0.4, -0.2) is 51.4 Å². The van der Waals surface area contributed by atoms with Gasteiger partial charge in [0.05, 0.1) is 11.6 Å². The SMILES string of the molecule is CC(=O)Nc1cccc(OCC(=O)NCCOc2ccc3nnc(-c4ccccc4Cl)n3n2)c1. The van der Waals surface area contributed by atoms with Gasteiger partial charge in [0.15, 0.2) is 18.1 Å². The van der Waals surface area contributed by atoms with E-state index in [1.165, 1.54) is 6.92 Å². The number of halogens is 1. The quantitative estimate of drug-likeness (QED) is 0.353. The topological polar surface area (TPSA) is 120 Å². The molecule has 0 radical (unpaired) electrons. The lowest BCUT2D eigenvalue weighted by Crippen LogP contribution is -2.32. The zero-order valence-electron chi connectivity index (χ0n) is 18.2. The number of nitrogens with one attached hydrogen (secondary N) is 2. The summed E-state index contributed by atoms with van der Waals surface area (Å²) in [5, 5.41) is 18.6. The highest BCUT2D eigenvalue weighted by atomic mass is 35.5. The summed E-state index contributed by atoms with van der Waals surface area (Å²) in [5.74, 6) is 0.822. The number of anilines is 1. The molecule has 4 rings (SSSR count). The molecule has 11 heteroatoms. The highest BCUT2D eigenvalue weighted by Crippen LogP contribution is 2.26. The fraction of sp³-hybridized carbons (Fsp3) is 0.174. The first-order valence-electron chi connectivity index (χ1n) is 10.4. The average Bonchev–Trinajstić information content (AvgIpc) is 3.24. The summed E-state index contributed by atoms with van der Waals surface area (Å²) < 4.78 is 12.7. The average molecular weight is 481 g/mol. The number of aromatic nitrogens is 4. The molecule has 10 nitrogen and oxygen atoms in total. The van der Waals surface area contributed by atoms with Gasteiger partial charge < -0.3 is 20.1 Å². The van der Waals surface area contributed by atoms with Crippen LogP contribution >= 0.6 is 11.6 Å². The van der Waals surface area contributed by atoms with E-state index in [1.54, 1.807) is 47.0 Å². The molecule has 0 atom stereocenters. The van der Waals surface area contributed by atoms with Crippen molar-refractivity contribution in [1.29, 1.82) is 0 Å². The summed E-state index contributed by atoms with van der Waals surface area (Å²) in [7, 11) is 0. The van der Waals surface area contributed by atoms with Gasteiger partial charge in [-0.05, 0) is 30.3 Å². The molecule has 0 fully saturated rings. The van der Waals surface area contributed by atoms with Gasteiger partial charge in [0, 0.05) is 30.3 Å². The molecule has 0 saturated carbocycles. The zero-order chi connectivity index (χ0) is 23.9. The van der Waals surface area contributed by atoms with Gasteiger partial charge in [0.2, 0.25) is 11.8 Å². The molecule has 0 unspecified atom stereocenters. The number of fused-ring (bicyclic) bond motifs is 1. The van der Waals surface area contributed by atoms with Crippen LogP contribution in [-0.2, 0) is 9.59 Å². The van der Waals surface area contributed by atoms with Gasteiger partial charge in [-0.1, -0.05) is 29.8 Å². The van der Waals surface area contributed by atoms with E-state index in [0.29, 0.717) is 39.4 Å². The Morgan fingerprint density at radius 2 is 1.88 bits per heavy atom. The summed E-state index contributed by atoms with van der Waals surface area (Å²) in [6.07, 6.45) is 0. The van der Waals surface area contributed by atoms with Crippen LogP contribution in [0.1, 0.15) is 6.92 Å². The fourth-order valence-electron chi connectivity index (χ4n) is 3.07. The maximum absolute atomic E-state index is 12.1. The lowest BCUT2D eigenvalue weighted by atomic mass is 10.2. The van der Waals surface area contributed by atoms with Crippen molar-refractivity contribution in [2.75, 3.05) is 25.1 Å². The Hall–Kier alpha value is -4.18. The molecule has 34 heavy (non-hydrogen) atoms. The number of ether oxygens (including phenoxy) is 2. The van der Waals surface area contributed by atoms with E-state index < -0.39 is 0 Å². The Balaban J connectivity index is 1.27. The molecule has 0 aliphatic heterocycles. The van der Waals surface area contributed by atoms with Gasteiger partial charge in [-0.25, -0.2) is 0 Å². The van der Waals surface area contributed by atoms with Crippen molar-refractivity contribution in [3.05, 3.63) is 65.7 Å². The third-order valence-corrected chi connectivity index (χ3v) is 4.88. The van der Waals surface area contributed by atoms with Crippen molar-refractivity contribution in [2.45, 2.75) is 6.92 Å². The van der Waals surface area contributed by atoms with Crippen LogP contribution in [0, 0.1) is 0 Å². The van der Waals surface area contributed by atoms with Gasteiger partial charge in [0.1, 0.15) is 12.4 Å². The summed E-state index contributed by atoms with van der Waals surface area (Å²) >= 11 is 6.27. The molecular formula is C23H21ClN6O4. The van der Waals surface area contributed by atoms with Crippen molar-refractivity contribution < 1.29 is 19.1 Å². The first-order valence-corrected chi connectivity index (χ1v) is 10.7. The Bertz CT molecular complexity index is 1330. The zero-order valence-corrected chi connectivity index (χ0v) is 19.0. The molecule has 0 aliphatic rings. The van der Waals surface area contributed by atoms with Crippen molar-refractivity contribution in [2.24, 2.45) is 0 Å². The number of benzene rings is 2. The Kier molecular flexibility index (Phi) is 7.19. The van der Waals surface area contributed by atoms with Crippen LogP contribution in [0.2, 0.25) is 5.02 Å². The normalized spacial score (nSPS) is 10.6. The molecule has 0 bridgehead atoms. The highest BCUT2D eigenvalue weighted by molar-refractivity contribution is 6.33. The third kappa shape index (κ3) is 5.78. The van der Waals surface area contributed by atoms with E-state index >= 15 is 0 Å². The molecular weight excluding hydrogens is 460 g/mol. The first-order chi connectivity index (χ1) is 16.5. The van der Waals surface area contributed by atoms with Gasteiger partial charge in [-0.2, -0.15) is 4.52 Å². The van der Waals surface area contributed by atoms with E-state index in [1.807, 2.05) is 18.2 Å². The minimum absolute atomic E-state index is 0.171. The van der Waals surface area contributed by atoms with Crippen molar-refractivity contribution >= 4 is 34.7 Å². The number of amides is 2. The number of rotatable bonds is 9. The van der Waals surface area contributed by atoms with Crippen LogP contribution in [0.3, 0.4) is 0 Å². The van der Waals surface area contributed by atoms with Crippen molar-refractivity contribution in [3.63, 3.8) is 0 Å². The van der Waals surface area contributed by atoms with Crippen molar-refractivity contribution in [3.8, 4) is 23.0 Å². The minimum Gasteiger partial charge on any atom is -0.484 e. The van der Waals surface area contributed by atoms with E-state index in [-0.39, 0.29) is 31.6 Å². The fourth-order valence-corrected chi connectivity index (χ4v) is 3.29. The minimum atomic E-state index is -0.309. The second kappa shape index (κ2) is 10.6. The Morgan fingerprint density at radius 3 is 2.71 bits per heavy atom. The maximum Gasteiger partial charge on any atom is 0.258 e. The monoisotopic (exact) mass is 480 g/mol. The maximum atomic E-state index is 12.1. The van der Waals surface area contributed by atoms with Gasteiger partial charge in [0.25, 0.3) is 5.91 Å². The van der Waals surface area contributed by atoms with E-state index in [0.717, 1.165) is 0 Å². The summed E-state index contributed by atoms with van der Waals surface area (Å²) in [5.41, 5.74) is 1.85. The molecule has 0 aliphatic carbocycles. The standard InChI is InChI=1S/C23H21ClN6O4/c1-15(31)26-16-5-4-6-17(13-16)34-14-21(32)25-11-12-33-22-10-9-20-27-28-23(30(20)29-22)18-7-2-3-8-19(18)24/h2-10,13H,11-12,14H2,1H3,(H,25,32)(H,26,31). The molecule has 0 spiro atoms. The molecule has 2 heterocycles. The van der Waals surface area contributed by atoms with Gasteiger partial charge >= 0.3 is 0 Å². The molecule has 174 valence electrons. The van der Waals surface area contributed by atoms with E-state index in [4.69, 9.17) is 21.1 Å².